The molecule has 0 aliphatic carbocycles. The van der Waals surface area contributed by atoms with Crippen LogP contribution in [0.3, 0.4) is 0 Å². The first-order valence-electron chi connectivity index (χ1n) is 9.33. The van der Waals surface area contributed by atoms with Crippen LogP contribution >= 0.6 is 23.4 Å². The molecule has 0 bridgehead atoms. The van der Waals surface area contributed by atoms with Crippen LogP contribution in [0.1, 0.15) is 21.5 Å². The summed E-state index contributed by atoms with van der Waals surface area (Å²) < 4.78 is 0. The van der Waals surface area contributed by atoms with E-state index in [0.717, 1.165) is 16.8 Å². The minimum absolute atomic E-state index is 0.0211. The highest BCUT2D eigenvalue weighted by Crippen LogP contribution is 2.30. The molecule has 2 N–H and O–H groups in total. The van der Waals surface area contributed by atoms with E-state index >= 15 is 0 Å². The fourth-order valence-electron chi connectivity index (χ4n) is 3.32. The SMILES string of the molecule is Cc1ccc(N2C(=O)C3CNNC3N=C2SCC(=O)c2ccc(Cl)cc2)cc1C. The Bertz CT molecular complexity index is 993. The Labute approximate surface area is 178 Å². The molecule has 0 aromatic heterocycles. The van der Waals surface area contributed by atoms with Crippen molar-refractivity contribution >= 4 is 45.9 Å². The van der Waals surface area contributed by atoms with Gasteiger partial charge in [0, 0.05) is 17.1 Å². The Morgan fingerprint density at radius 3 is 2.69 bits per heavy atom. The molecule has 2 unspecified atom stereocenters. The van der Waals surface area contributed by atoms with Gasteiger partial charge in [-0.15, -0.1) is 0 Å². The van der Waals surface area contributed by atoms with Gasteiger partial charge in [-0.25, -0.2) is 10.4 Å². The Morgan fingerprint density at radius 1 is 1.21 bits per heavy atom. The van der Waals surface area contributed by atoms with Gasteiger partial charge in [0.15, 0.2) is 11.0 Å². The third-order valence-corrected chi connectivity index (χ3v) is 6.38. The number of anilines is 1. The number of carbonyl (C=O) groups is 2. The molecule has 150 valence electrons. The molecular weight excluding hydrogens is 408 g/mol. The molecule has 0 spiro atoms. The summed E-state index contributed by atoms with van der Waals surface area (Å²) in [5, 5.41) is 1.11. The number of benzene rings is 2. The largest absolute Gasteiger partial charge is 0.293 e. The van der Waals surface area contributed by atoms with E-state index in [2.05, 4.69) is 10.9 Å². The van der Waals surface area contributed by atoms with Crippen LogP contribution in [-0.4, -0.2) is 35.3 Å². The van der Waals surface area contributed by atoms with Crippen LogP contribution in [0.25, 0.3) is 0 Å². The molecule has 2 heterocycles. The number of amidine groups is 1. The number of halogens is 1. The fraction of sp³-hybridized carbons (Fsp3) is 0.286. The summed E-state index contributed by atoms with van der Waals surface area (Å²) in [6, 6.07) is 12.7. The number of nitrogens with one attached hydrogen (secondary N) is 2. The Hall–Kier alpha value is -2.19. The Morgan fingerprint density at radius 2 is 1.97 bits per heavy atom. The molecule has 6 nitrogen and oxygen atoms in total. The summed E-state index contributed by atoms with van der Waals surface area (Å²) in [4.78, 5) is 32.2. The normalized spacial score (nSPS) is 21.1. The highest BCUT2D eigenvalue weighted by Gasteiger charge is 2.42. The molecule has 2 aromatic carbocycles. The number of hydrogen-bond acceptors (Lipinski definition) is 6. The van der Waals surface area contributed by atoms with E-state index in [9.17, 15) is 9.59 Å². The van der Waals surface area contributed by atoms with E-state index in [-0.39, 0.29) is 29.5 Å². The number of fused-ring (bicyclic) bond motifs is 1. The minimum Gasteiger partial charge on any atom is -0.293 e. The lowest BCUT2D eigenvalue weighted by molar-refractivity contribution is -0.121. The number of Topliss-reactive ketones (excluding diaryl/α,β-unsaturated/α-hetero) is 1. The van der Waals surface area contributed by atoms with Gasteiger partial charge in [-0.2, -0.15) is 0 Å². The third kappa shape index (κ3) is 4.09. The van der Waals surface area contributed by atoms with Crippen LogP contribution < -0.4 is 15.8 Å². The third-order valence-electron chi connectivity index (χ3n) is 5.18. The highest BCUT2D eigenvalue weighted by atomic mass is 35.5. The van der Waals surface area contributed by atoms with Gasteiger partial charge in [0.25, 0.3) is 0 Å². The number of hydrazine groups is 1. The second-order valence-electron chi connectivity index (χ2n) is 7.15. The zero-order chi connectivity index (χ0) is 20.5. The number of rotatable bonds is 4. The maximum atomic E-state index is 13.2. The van der Waals surface area contributed by atoms with E-state index in [1.54, 1.807) is 29.2 Å². The quantitative estimate of drug-likeness (QED) is 0.731. The lowest BCUT2D eigenvalue weighted by Crippen LogP contribution is -2.49. The average Bonchev–Trinajstić information content (AvgIpc) is 3.18. The maximum Gasteiger partial charge on any atom is 0.241 e. The molecular formula is C21H21ClN4O2S. The zero-order valence-corrected chi connectivity index (χ0v) is 17.7. The van der Waals surface area contributed by atoms with Gasteiger partial charge in [-0.05, 0) is 61.4 Å². The minimum atomic E-state index is -0.321. The molecule has 1 saturated heterocycles. The first kappa shape index (κ1) is 20.1. The summed E-state index contributed by atoms with van der Waals surface area (Å²) >= 11 is 7.18. The van der Waals surface area contributed by atoms with Gasteiger partial charge >= 0.3 is 0 Å². The molecule has 8 heteroatoms. The number of nitrogens with zero attached hydrogens (tertiary/aromatic N) is 2. The monoisotopic (exact) mass is 428 g/mol. The first-order valence-corrected chi connectivity index (χ1v) is 10.7. The summed E-state index contributed by atoms with van der Waals surface area (Å²) in [6.45, 7) is 4.57. The van der Waals surface area contributed by atoms with E-state index in [0.29, 0.717) is 22.3 Å². The Balaban J connectivity index is 1.60. The van der Waals surface area contributed by atoms with Crippen molar-refractivity contribution in [2.75, 3.05) is 17.2 Å². The van der Waals surface area contributed by atoms with Crippen molar-refractivity contribution in [3.8, 4) is 0 Å². The van der Waals surface area contributed by atoms with Crippen LogP contribution in [-0.2, 0) is 4.79 Å². The van der Waals surface area contributed by atoms with E-state index < -0.39 is 0 Å². The predicted octanol–water partition coefficient (Wildman–Crippen LogP) is 3.33. The molecule has 0 saturated carbocycles. The molecule has 2 atom stereocenters. The average molecular weight is 429 g/mol. The van der Waals surface area contributed by atoms with Gasteiger partial charge < -0.3 is 0 Å². The van der Waals surface area contributed by atoms with E-state index in [1.807, 2.05) is 32.0 Å². The molecule has 29 heavy (non-hydrogen) atoms. The van der Waals surface area contributed by atoms with E-state index in [4.69, 9.17) is 16.6 Å². The second-order valence-corrected chi connectivity index (χ2v) is 8.53. The summed E-state index contributed by atoms with van der Waals surface area (Å²) in [5.41, 5.74) is 9.66. The number of aryl methyl sites for hydroxylation is 2. The molecule has 1 amide bonds. The van der Waals surface area contributed by atoms with Crippen molar-refractivity contribution in [2.45, 2.75) is 20.0 Å². The van der Waals surface area contributed by atoms with E-state index in [1.165, 1.54) is 11.8 Å². The van der Waals surface area contributed by atoms with Crippen molar-refractivity contribution in [3.05, 3.63) is 64.2 Å². The molecule has 1 fully saturated rings. The van der Waals surface area contributed by atoms with Crippen molar-refractivity contribution in [1.29, 1.82) is 0 Å². The van der Waals surface area contributed by atoms with Crippen molar-refractivity contribution < 1.29 is 9.59 Å². The fourth-order valence-corrected chi connectivity index (χ4v) is 4.39. The van der Waals surface area contributed by atoms with Gasteiger partial charge in [0.2, 0.25) is 5.91 Å². The van der Waals surface area contributed by atoms with Gasteiger partial charge in [-0.3, -0.25) is 19.9 Å². The molecule has 0 radical (unpaired) electrons. The van der Waals surface area contributed by atoms with Crippen molar-refractivity contribution in [2.24, 2.45) is 10.9 Å². The number of amides is 1. The lowest BCUT2D eigenvalue weighted by atomic mass is 10.0. The van der Waals surface area contributed by atoms with Crippen LogP contribution in [0.4, 0.5) is 5.69 Å². The van der Waals surface area contributed by atoms with Crippen LogP contribution in [0, 0.1) is 19.8 Å². The predicted molar refractivity (Wildman–Crippen MR) is 117 cm³/mol. The van der Waals surface area contributed by atoms with Gasteiger partial charge in [0.05, 0.1) is 17.4 Å². The summed E-state index contributed by atoms with van der Waals surface area (Å²) in [7, 11) is 0. The first-order chi connectivity index (χ1) is 13.9. The molecule has 2 aromatic rings. The van der Waals surface area contributed by atoms with Crippen molar-refractivity contribution in [1.82, 2.24) is 10.9 Å². The number of carbonyl (C=O) groups excluding carboxylic acids is 2. The highest BCUT2D eigenvalue weighted by molar-refractivity contribution is 8.14. The molecule has 2 aliphatic rings. The number of aliphatic imine (C=N–C) groups is 1. The topological polar surface area (TPSA) is 73.8 Å². The van der Waals surface area contributed by atoms with Crippen LogP contribution in [0.15, 0.2) is 47.5 Å². The van der Waals surface area contributed by atoms with Crippen LogP contribution in [0.2, 0.25) is 5.02 Å². The Kier molecular flexibility index (Phi) is 5.74. The maximum absolute atomic E-state index is 13.2. The number of hydrogen-bond donors (Lipinski definition) is 2. The molecule has 4 rings (SSSR count). The smallest absolute Gasteiger partial charge is 0.241 e. The molecule has 2 aliphatic heterocycles. The second kappa shape index (κ2) is 8.28. The lowest BCUT2D eigenvalue weighted by Gasteiger charge is -2.32. The summed E-state index contributed by atoms with van der Waals surface area (Å²) in [6.07, 6.45) is -0.321. The summed E-state index contributed by atoms with van der Waals surface area (Å²) in [5.74, 6) is -0.151. The standard InChI is InChI=1S/C21H21ClN4O2S/c1-12-3-8-16(9-13(12)2)26-20(28)17-10-23-25-19(17)24-21(26)29-11-18(27)14-4-6-15(22)7-5-14/h3-9,17,19,23,25H,10-11H2,1-2H3. The van der Waals surface area contributed by atoms with Crippen LogP contribution in [0.5, 0.6) is 0 Å². The number of thioether (sulfide) groups is 1. The van der Waals surface area contributed by atoms with Gasteiger partial charge in [0.1, 0.15) is 6.17 Å². The zero-order valence-electron chi connectivity index (χ0n) is 16.1. The van der Waals surface area contributed by atoms with Gasteiger partial charge in [-0.1, -0.05) is 29.4 Å². The van der Waals surface area contributed by atoms with Crippen molar-refractivity contribution in [3.63, 3.8) is 0 Å². The number of ketones is 1.